The number of fused-ring (bicyclic) bond motifs is 1. The van der Waals surface area contributed by atoms with Crippen molar-refractivity contribution in [2.75, 3.05) is 22.5 Å². The maximum Gasteiger partial charge on any atom is 0.322 e. The smallest absolute Gasteiger partial charge is 0.322 e. The van der Waals surface area contributed by atoms with E-state index >= 15 is 0 Å². The van der Waals surface area contributed by atoms with E-state index in [1.54, 1.807) is 24.3 Å². The molecule has 0 unspecified atom stereocenters. The molecule has 2 aromatic carbocycles. The van der Waals surface area contributed by atoms with Gasteiger partial charge in [0.25, 0.3) is 17.7 Å². The normalized spacial score (nSPS) is 12.3. The van der Waals surface area contributed by atoms with E-state index < -0.39 is 0 Å². The Morgan fingerprint density at radius 2 is 1.77 bits per heavy atom. The largest absolute Gasteiger partial charge is 0.403 e. The van der Waals surface area contributed by atoms with Crippen LogP contribution in [0, 0.1) is 0 Å². The van der Waals surface area contributed by atoms with Gasteiger partial charge in [-0.25, -0.2) is 0 Å². The molecule has 0 saturated carbocycles. The summed E-state index contributed by atoms with van der Waals surface area (Å²) in [7, 11) is 0. The number of carbonyl (C=O) groups excluding carboxylic acids is 2. The highest BCUT2D eigenvalue weighted by Gasteiger charge is 2.31. The summed E-state index contributed by atoms with van der Waals surface area (Å²) in [6.07, 6.45) is 0. The summed E-state index contributed by atoms with van der Waals surface area (Å²) in [5.74, 6) is 0.357. The number of para-hydroxylation sites is 1. The first-order chi connectivity index (χ1) is 14.7. The van der Waals surface area contributed by atoms with Gasteiger partial charge in [0.05, 0.1) is 6.54 Å². The highest BCUT2D eigenvalue weighted by molar-refractivity contribution is 6.03. The van der Waals surface area contributed by atoms with Crippen LogP contribution in [0.4, 0.5) is 23.3 Å². The van der Waals surface area contributed by atoms with E-state index in [9.17, 15) is 9.59 Å². The molecule has 0 spiro atoms. The molecule has 0 atom stereocenters. The lowest BCUT2D eigenvalue weighted by Gasteiger charge is -2.05. The summed E-state index contributed by atoms with van der Waals surface area (Å²) in [5, 5.41) is 21.0. The molecule has 10 nitrogen and oxygen atoms in total. The number of rotatable bonds is 5. The van der Waals surface area contributed by atoms with Gasteiger partial charge in [-0.05, 0) is 24.3 Å². The van der Waals surface area contributed by atoms with Gasteiger partial charge in [0.2, 0.25) is 0 Å². The third-order valence-electron chi connectivity index (χ3n) is 4.46. The lowest BCUT2D eigenvalue weighted by molar-refractivity contribution is 0.0929. The fourth-order valence-corrected chi connectivity index (χ4v) is 3.08. The van der Waals surface area contributed by atoms with Gasteiger partial charge in [0, 0.05) is 11.3 Å². The van der Waals surface area contributed by atoms with Crippen LogP contribution in [0.3, 0.4) is 0 Å². The molecule has 0 fully saturated rings. The second-order valence-corrected chi connectivity index (χ2v) is 6.45. The summed E-state index contributed by atoms with van der Waals surface area (Å²) in [5.41, 5.74) is 1.68. The predicted octanol–water partition coefficient (Wildman–Crippen LogP) is 2.99. The molecule has 0 bridgehead atoms. The fourth-order valence-electron chi connectivity index (χ4n) is 3.08. The van der Waals surface area contributed by atoms with E-state index in [1.807, 2.05) is 36.4 Å². The van der Waals surface area contributed by atoms with Crippen LogP contribution in [-0.2, 0) is 0 Å². The zero-order valence-electron chi connectivity index (χ0n) is 15.5. The average Bonchev–Trinajstić information content (AvgIpc) is 3.46. The number of hydrogen-bond acceptors (Lipinski definition) is 8. The SMILES string of the molecule is O=C(Nc1nnc(-c2c(Nc3ccccc3)nn3c2NCC3=O)o1)c1ccccc1. The number of hydrogen-bond donors (Lipinski definition) is 3. The second kappa shape index (κ2) is 7.17. The quantitative estimate of drug-likeness (QED) is 0.466. The van der Waals surface area contributed by atoms with Crippen molar-refractivity contribution < 1.29 is 14.0 Å². The number of aromatic nitrogens is 4. The van der Waals surface area contributed by atoms with Crippen molar-refractivity contribution in [3.8, 4) is 11.5 Å². The Bertz CT molecular complexity index is 1230. The van der Waals surface area contributed by atoms with Crippen LogP contribution < -0.4 is 16.0 Å². The summed E-state index contributed by atoms with van der Waals surface area (Å²) in [6, 6.07) is 18.0. The Morgan fingerprint density at radius 1 is 1.03 bits per heavy atom. The number of amides is 1. The van der Waals surface area contributed by atoms with Crippen molar-refractivity contribution in [2.45, 2.75) is 0 Å². The van der Waals surface area contributed by atoms with E-state index in [1.165, 1.54) is 4.68 Å². The average molecular weight is 401 g/mol. The van der Waals surface area contributed by atoms with E-state index in [0.29, 0.717) is 22.8 Å². The van der Waals surface area contributed by atoms with Crippen molar-refractivity contribution in [1.29, 1.82) is 0 Å². The molecule has 0 saturated heterocycles. The van der Waals surface area contributed by atoms with Crippen LogP contribution >= 0.6 is 0 Å². The number of nitrogens with one attached hydrogen (secondary N) is 3. The number of benzene rings is 2. The lowest BCUT2D eigenvalue weighted by Crippen LogP contribution is -2.11. The van der Waals surface area contributed by atoms with Crippen LogP contribution in [0.25, 0.3) is 11.5 Å². The van der Waals surface area contributed by atoms with Gasteiger partial charge in [-0.15, -0.1) is 10.2 Å². The Morgan fingerprint density at radius 3 is 2.53 bits per heavy atom. The van der Waals surface area contributed by atoms with E-state index in [4.69, 9.17) is 4.42 Å². The van der Waals surface area contributed by atoms with Crippen molar-refractivity contribution in [3.63, 3.8) is 0 Å². The maximum absolute atomic E-state index is 12.3. The maximum atomic E-state index is 12.3. The minimum absolute atomic E-state index is 0.0613. The van der Waals surface area contributed by atoms with Crippen molar-refractivity contribution in [1.82, 2.24) is 20.0 Å². The summed E-state index contributed by atoms with van der Waals surface area (Å²) in [4.78, 5) is 24.4. The first-order valence-electron chi connectivity index (χ1n) is 9.11. The van der Waals surface area contributed by atoms with Gasteiger partial charge in [0.1, 0.15) is 11.4 Å². The molecule has 1 aliphatic rings. The lowest BCUT2D eigenvalue weighted by atomic mass is 10.2. The molecule has 3 N–H and O–H groups in total. The van der Waals surface area contributed by atoms with Gasteiger partial charge in [0.15, 0.2) is 5.82 Å². The molecule has 148 valence electrons. The topological polar surface area (TPSA) is 127 Å². The molecule has 1 amide bonds. The monoisotopic (exact) mass is 401 g/mol. The Kier molecular flexibility index (Phi) is 4.21. The van der Waals surface area contributed by atoms with E-state index in [2.05, 4.69) is 31.2 Å². The Labute approximate surface area is 169 Å². The molecule has 10 heteroatoms. The van der Waals surface area contributed by atoms with Gasteiger partial charge in [-0.3, -0.25) is 14.9 Å². The highest BCUT2D eigenvalue weighted by atomic mass is 16.4. The molecule has 3 heterocycles. The molecule has 5 rings (SSSR count). The predicted molar refractivity (Wildman–Crippen MR) is 109 cm³/mol. The van der Waals surface area contributed by atoms with Crippen LogP contribution in [-0.4, -0.2) is 38.3 Å². The molecule has 2 aromatic heterocycles. The van der Waals surface area contributed by atoms with E-state index in [-0.39, 0.29) is 30.3 Å². The fraction of sp³-hybridized carbons (Fsp3) is 0.0500. The van der Waals surface area contributed by atoms with Crippen molar-refractivity contribution >= 4 is 35.2 Å². The molecular formula is C20H15N7O3. The molecule has 0 aliphatic carbocycles. The van der Waals surface area contributed by atoms with Crippen LogP contribution in [0.15, 0.2) is 65.1 Å². The molecule has 4 aromatic rings. The zero-order valence-corrected chi connectivity index (χ0v) is 15.5. The van der Waals surface area contributed by atoms with E-state index in [0.717, 1.165) is 5.69 Å². The third-order valence-corrected chi connectivity index (χ3v) is 4.46. The summed E-state index contributed by atoms with van der Waals surface area (Å²) in [6.45, 7) is 0.118. The highest BCUT2D eigenvalue weighted by Crippen LogP contribution is 2.38. The van der Waals surface area contributed by atoms with Gasteiger partial charge >= 0.3 is 6.01 Å². The van der Waals surface area contributed by atoms with Crippen molar-refractivity contribution in [2.24, 2.45) is 0 Å². The number of carbonyl (C=O) groups is 2. The Hall–Kier alpha value is -4.47. The first-order valence-corrected chi connectivity index (χ1v) is 9.11. The second-order valence-electron chi connectivity index (χ2n) is 6.45. The van der Waals surface area contributed by atoms with Crippen LogP contribution in [0.2, 0.25) is 0 Å². The van der Waals surface area contributed by atoms with Gasteiger partial charge in [-0.1, -0.05) is 41.5 Å². The number of anilines is 4. The first kappa shape index (κ1) is 17.6. The minimum Gasteiger partial charge on any atom is -0.403 e. The third kappa shape index (κ3) is 3.15. The number of nitrogens with zero attached hydrogens (tertiary/aromatic N) is 4. The van der Waals surface area contributed by atoms with Crippen LogP contribution in [0.1, 0.15) is 15.2 Å². The molecule has 0 radical (unpaired) electrons. The molecule has 1 aliphatic heterocycles. The van der Waals surface area contributed by atoms with Crippen molar-refractivity contribution in [3.05, 3.63) is 66.2 Å². The molecular weight excluding hydrogens is 386 g/mol. The molecule has 30 heavy (non-hydrogen) atoms. The summed E-state index contributed by atoms with van der Waals surface area (Å²) < 4.78 is 6.92. The summed E-state index contributed by atoms with van der Waals surface area (Å²) >= 11 is 0. The minimum atomic E-state index is -0.373. The van der Waals surface area contributed by atoms with Gasteiger partial charge in [-0.2, -0.15) is 4.68 Å². The Balaban J connectivity index is 1.47. The zero-order chi connectivity index (χ0) is 20.5. The van der Waals surface area contributed by atoms with Gasteiger partial charge < -0.3 is 15.1 Å². The van der Waals surface area contributed by atoms with Crippen LogP contribution in [0.5, 0.6) is 0 Å². The standard InChI is InChI=1S/C20H15N7O3/c28-14-11-21-17-15(16(26-27(14)17)22-13-9-5-2-6-10-13)19-24-25-20(30-19)23-18(29)12-7-3-1-4-8-12/h1-10,21H,11H2,(H,22,26)(H,23,25,29).